The minimum absolute atomic E-state index is 0.0850. The third-order valence-electron chi connectivity index (χ3n) is 5.09. The van der Waals surface area contributed by atoms with Crippen molar-refractivity contribution in [1.82, 2.24) is 15.1 Å². The highest BCUT2D eigenvalue weighted by molar-refractivity contribution is 6.00. The number of phenolic OH excluding ortho intramolecular Hbond substituents is 2. The van der Waals surface area contributed by atoms with Gasteiger partial charge in [-0.2, -0.15) is 5.10 Å². The number of nitrogens with one attached hydrogen (secondary N) is 1. The Kier molecular flexibility index (Phi) is 4.31. The highest BCUT2D eigenvalue weighted by Gasteiger charge is 2.42. The Labute approximate surface area is 161 Å². The molecule has 144 valence electrons. The van der Waals surface area contributed by atoms with Crippen molar-refractivity contribution in [2.75, 3.05) is 13.2 Å². The molecule has 0 aliphatic carbocycles. The number of nitrogens with zero attached hydrogens (tertiary/aromatic N) is 2. The zero-order valence-electron chi connectivity index (χ0n) is 15.6. The van der Waals surface area contributed by atoms with Gasteiger partial charge in [-0.25, -0.2) is 0 Å². The number of hydrogen-bond acceptors (Lipinski definition) is 5. The largest absolute Gasteiger partial charge is 0.508 e. The van der Waals surface area contributed by atoms with Gasteiger partial charge in [0.1, 0.15) is 22.9 Å². The number of β-amino-alcohol motifs (C(OH)–C–C–N with tert-alkyl or cyclic N) is 1. The van der Waals surface area contributed by atoms with E-state index in [4.69, 9.17) is 0 Å². The molecule has 7 heteroatoms. The number of fused-ring (bicyclic) bond motifs is 1. The van der Waals surface area contributed by atoms with E-state index in [1.54, 1.807) is 29.2 Å². The fourth-order valence-electron chi connectivity index (χ4n) is 4.02. The highest BCUT2D eigenvalue weighted by atomic mass is 16.3. The van der Waals surface area contributed by atoms with Crippen molar-refractivity contribution in [3.63, 3.8) is 0 Å². The van der Waals surface area contributed by atoms with Gasteiger partial charge in [-0.15, -0.1) is 0 Å². The summed E-state index contributed by atoms with van der Waals surface area (Å²) in [6.07, 6.45) is 0. The lowest BCUT2D eigenvalue weighted by atomic mass is 9.93. The molecule has 2 heterocycles. The van der Waals surface area contributed by atoms with Crippen LogP contribution in [0.4, 0.5) is 0 Å². The number of aliphatic hydroxyl groups is 1. The Balaban J connectivity index is 1.96. The van der Waals surface area contributed by atoms with Crippen LogP contribution in [0.15, 0.2) is 36.4 Å². The van der Waals surface area contributed by atoms with Crippen LogP contribution >= 0.6 is 0 Å². The van der Waals surface area contributed by atoms with E-state index in [0.29, 0.717) is 28.1 Å². The van der Waals surface area contributed by atoms with Gasteiger partial charge < -0.3 is 20.2 Å². The molecule has 0 saturated heterocycles. The first-order chi connectivity index (χ1) is 13.4. The van der Waals surface area contributed by atoms with Crippen molar-refractivity contribution >= 4 is 5.91 Å². The fraction of sp³-hybridized carbons (Fsp3) is 0.238. The van der Waals surface area contributed by atoms with Crippen LogP contribution in [0.25, 0.3) is 11.3 Å². The summed E-state index contributed by atoms with van der Waals surface area (Å²) in [4.78, 5) is 14.5. The molecular weight excluding hydrogens is 358 g/mol. The maximum absolute atomic E-state index is 12.9. The molecule has 1 amide bonds. The number of aromatic hydroxyl groups is 2. The lowest BCUT2D eigenvalue weighted by Gasteiger charge is -2.26. The molecule has 0 radical (unpaired) electrons. The van der Waals surface area contributed by atoms with E-state index in [9.17, 15) is 20.1 Å². The summed E-state index contributed by atoms with van der Waals surface area (Å²) in [6, 6.07) is 9.75. The van der Waals surface area contributed by atoms with Gasteiger partial charge >= 0.3 is 0 Å². The molecule has 4 N–H and O–H groups in total. The summed E-state index contributed by atoms with van der Waals surface area (Å²) >= 11 is 0. The lowest BCUT2D eigenvalue weighted by molar-refractivity contribution is 0.0706. The molecule has 0 fully saturated rings. The predicted molar refractivity (Wildman–Crippen MR) is 103 cm³/mol. The first-order valence-electron chi connectivity index (χ1n) is 9.02. The fourth-order valence-corrected chi connectivity index (χ4v) is 4.02. The number of rotatable bonds is 4. The number of aryl methyl sites for hydroxylation is 2. The van der Waals surface area contributed by atoms with E-state index in [1.165, 1.54) is 0 Å². The smallest absolute Gasteiger partial charge is 0.273 e. The minimum Gasteiger partial charge on any atom is -0.508 e. The van der Waals surface area contributed by atoms with Crippen LogP contribution < -0.4 is 0 Å². The van der Waals surface area contributed by atoms with Gasteiger partial charge in [0.05, 0.1) is 12.6 Å². The molecule has 4 rings (SSSR count). The summed E-state index contributed by atoms with van der Waals surface area (Å²) in [6.45, 7) is 3.73. The topological polar surface area (TPSA) is 110 Å². The quantitative estimate of drug-likeness (QED) is 0.557. The third-order valence-corrected chi connectivity index (χ3v) is 5.09. The normalized spacial score (nSPS) is 15.9. The second-order valence-corrected chi connectivity index (χ2v) is 7.06. The van der Waals surface area contributed by atoms with E-state index < -0.39 is 6.04 Å². The average molecular weight is 379 g/mol. The summed E-state index contributed by atoms with van der Waals surface area (Å²) in [5.41, 5.74) is 4.48. The number of benzene rings is 2. The minimum atomic E-state index is -0.532. The second kappa shape index (κ2) is 6.69. The zero-order chi connectivity index (χ0) is 20.0. The van der Waals surface area contributed by atoms with Crippen LogP contribution in [0.1, 0.15) is 38.8 Å². The summed E-state index contributed by atoms with van der Waals surface area (Å²) < 4.78 is 0. The van der Waals surface area contributed by atoms with Gasteiger partial charge in [-0.1, -0.05) is 18.2 Å². The molecule has 28 heavy (non-hydrogen) atoms. The number of hydrogen-bond donors (Lipinski definition) is 4. The van der Waals surface area contributed by atoms with E-state index in [2.05, 4.69) is 10.2 Å². The number of amides is 1. The van der Waals surface area contributed by atoms with Gasteiger partial charge in [0.25, 0.3) is 5.91 Å². The molecule has 1 aromatic heterocycles. The zero-order valence-corrected chi connectivity index (χ0v) is 15.6. The highest BCUT2D eigenvalue weighted by Crippen LogP contribution is 2.45. The Morgan fingerprint density at radius 2 is 1.96 bits per heavy atom. The van der Waals surface area contributed by atoms with Crippen molar-refractivity contribution in [2.45, 2.75) is 19.9 Å². The van der Waals surface area contributed by atoms with Gasteiger partial charge in [0.15, 0.2) is 0 Å². The van der Waals surface area contributed by atoms with Gasteiger partial charge in [-0.05, 0) is 48.7 Å². The van der Waals surface area contributed by atoms with Gasteiger partial charge in [0, 0.05) is 17.7 Å². The van der Waals surface area contributed by atoms with Crippen molar-refractivity contribution in [2.24, 2.45) is 0 Å². The molecule has 1 aliphatic heterocycles. The van der Waals surface area contributed by atoms with Crippen LogP contribution in [0.2, 0.25) is 0 Å². The van der Waals surface area contributed by atoms with Gasteiger partial charge in [-0.3, -0.25) is 9.89 Å². The Morgan fingerprint density at radius 3 is 2.64 bits per heavy atom. The van der Waals surface area contributed by atoms with E-state index in [-0.39, 0.29) is 30.6 Å². The SMILES string of the molecule is Cc1cc(C)c(-c2n[nH]c3c2C(c2cccc(O)c2)N(CCO)C3=O)c(O)c1. The van der Waals surface area contributed by atoms with Gasteiger partial charge in [0.2, 0.25) is 0 Å². The summed E-state index contributed by atoms with van der Waals surface area (Å²) in [7, 11) is 0. The van der Waals surface area contributed by atoms with E-state index >= 15 is 0 Å². The first kappa shape index (κ1) is 18.1. The lowest BCUT2D eigenvalue weighted by Crippen LogP contribution is -2.32. The van der Waals surface area contributed by atoms with Crippen LogP contribution in [-0.2, 0) is 0 Å². The van der Waals surface area contributed by atoms with Crippen LogP contribution in [0.3, 0.4) is 0 Å². The Morgan fingerprint density at radius 1 is 1.18 bits per heavy atom. The number of aromatic amines is 1. The Hall–Kier alpha value is -3.32. The molecule has 1 unspecified atom stereocenters. The van der Waals surface area contributed by atoms with Crippen LogP contribution in [0, 0.1) is 13.8 Å². The molecule has 1 aliphatic rings. The molecule has 7 nitrogen and oxygen atoms in total. The first-order valence-corrected chi connectivity index (χ1v) is 9.02. The second-order valence-electron chi connectivity index (χ2n) is 7.06. The molecule has 0 spiro atoms. The standard InChI is InChI=1S/C21H21N3O4/c1-11-8-12(2)16(15(27)9-11)18-17-19(23-22-18)21(28)24(6-7-25)20(17)13-4-3-5-14(26)10-13/h3-5,8-10,20,25-27H,6-7H2,1-2H3,(H,22,23). The van der Waals surface area contributed by atoms with Crippen LogP contribution in [-0.4, -0.2) is 49.5 Å². The Bertz CT molecular complexity index is 1050. The maximum atomic E-state index is 12.9. The number of carbonyl (C=O) groups is 1. The van der Waals surface area contributed by atoms with Crippen molar-refractivity contribution in [3.8, 4) is 22.8 Å². The van der Waals surface area contributed by atoms with Crippen molar-refractivity contribution in [1.29, 1.82) is 0 Å². The number of carbonyl (C=O) groups excluding carboxylic acids is 1. The molecular formula is C21H21N3O4. The number of H-pyrrole nitrogens is 1. The van der Waals surface area contributed by atoms with E-state index in [1.807, 2.05) is 26.0 Å². The van der Waals surface area contributed by atoms with Crippen molar-refractivity contribution in [3.05, 3.63) is 64.3 Å². The molecule has 0 bridgehead atoms. The van der Waals surface area contributed by atoms with Crippen LogP contribution in [0.5, 0.6) is 11.5 Å². The molecule has 3 aromatic rings. The summed E-state index contributed by atoms with van der Waals surface area (Å²) in [5, 5.41) is 37.2. The molecule has 2 aromatic carbocycles. The monoisotopic (exact) mass is 379 g/mol. The predicted octanol–water partition coefficient (Wildman–Crippen LogP) is 2.64. The molecule has 1 atom stereocenters. The molecule has 0 saturated carbocycles. The number of aliphatic hydroxyl groups excluding tert-OH is 1. The third kappa shape index (κ3) is 2.71. The average Bonchev–Trinajstić information content (AvgIpc) is 3.15. The van der Waals surface area contributed by atoms with E-state index in [0.717, 1.165) is 11.1 Å². The number of phenols is 2. The van der Waals surface area contributed by atoms with Crippen molar-refractivity contribution < 1.29 is 20.1 Å². The summed E-state index contributed by atoms with van der Waals surface area (Å²) in [5.74, 6) is -0.100. The maximum Gasteiger partial charge on any atom is 0.273 e. The number of aromatic nitrogens is 2.